The van der Waals surface area contributed by atoms with E-state index in [-0.39, 0.29) is 5.91 Å². The number of nitrogens with one attached hydrogen (secondary N) is 1. The van der Waals surface area contributed by atoms with Gasteiger partial charge in [0.1, 0.15) is 11.6 Å². The van der Waals surface area contributed by atoms with Gasteiger partial charge in [-0.3, -0.25) is 9.69 Å². The molecule has 1 aromatic rings. The van der Waals surface area contributed by atoms with Gasteiger partial charge < -0.3 is 16.0 Å². The fourth-order valence-electron chi connectivity index (χ4n) is 3.82. The number of nitrogens with zero attached hydrogens (tertiary/aromatic N) is 3. The second-order valence-electron chi connectivity index (χ2n) is 7.20. The Bertz CT molecular complexity index is 624. The van der Waals surface area contributed by atoms with Crippen molar-refractivity contribution in [3.05, 3.63) is 30.4 Å². The SMILES string of the molecule is C=CC(=O)N1CCC(Nc2cc(CN3CCCC3C)cc(N)n2)CC1. The molecule has 0 aromatic carbocycles. The van der Waals surface area contributed by atoms with Crippen LogP contribution in [-0.4, -0.2) is 52.4 Å². The maximum atomic E-state index is 11.7. The third-order valence-electron chi connectivity index (χ3n) is 5.31. The molecule has 2 aliphatic heterocycles. The zero-order chi connectivity index (χ0) is 17.8. The van der Waals surface area contributed by atoms with Crippen LogP contribution in [0.25, 0.3) is 0 Å². The molecule has 0 spiro atoms. The summed E-state index contributed by atoms with van der Waals surface area (Å²) in [5.74, 6) is 1.42. The maximum Gasteiger partial charge on any atom is 0.245 e. The van der Waals surface area contributed by atoms with E-state index in [1.54, 1.807) is 0 Å². The van der Waals surface area contributed by atoms with E-state index < -0.39 is 0 Å². The van der Waals surface area contributed by atoms with Crippen molar-refractivity contribution in [1.82, 2.24) is 14.8 Å². The van der Waals surface area contributed by atoms with E-state index in [4.69, 9.17) is 5.73 Å². The van der Waals surface area contributed by atoms with E-state index >= 15 is 0 Å². The molecule has 6 nitrogen and oxygen atoms in total. The molecule has 3 N–H and O–H groups in total. The summed E-state index contributed by atoms with van der Waals surface area (Å²) in [5, 5.41) is 3.50. The first-order valence-electron chi connectivity index (χ1n) is 9.23. The van der Waals surface area contributed by atoms with Crippen molar-refractivity contribution in [2.24, 2.45) is 0 Å². The van der Waals surface area contributed by atoms with Crippen molar-refractivity contribution in [2.75, 3.05) is 30.7 Å². The van der Waals surface area contributed by atoms with Crippen LogP contribution in [0.5, 0.6) is 0 Å². The van der Waals surface area contributed by atoms with Crippen LogP contribution in [0.15, 0.2) is 24.8 Å². The van der Waals surface area contributed by atoms with Crippen LogP contribution in [0.2, 0.25) is 0 Å². The maximum absolute atomic E-state index is 11.7. The lowest BCUT2D eigenvalue weighted by atomic mass is 10.0. The Morgan fingerprint density at radius 1 is 1.36 bits per heavy atom. The number of amides is 1. The van der Waals surface area contributed by atoms with Crippen LogP contribution in [0.3, 0.4) is 0 Å². The van der Waals surface area contributed by atoms with Crippen molar-refractivity contribution >= 4 is 17.5 Å². The predicted molar refractivity (Wildman–Crippen MR) is 101 cm³/mol. The van der Waals surface area contributed by atoms with Crippen molar-refractivity contribution in [3.8, 4) is 0 Å². The number of likely N-dealkylation sites (tertiary alicyclic amines) is 2. The van der Waals surface area contributed by atoms with Gasteiger partial charge in [0.25, 0.3) is 0 Å². The van der Waals surface area contributed by atoms with Crippen LogP contribution >= 0.6 is 0 Å². The largest absolute Gasteiger partial charge is 0.384 e. The van der Waals surface area contributed by atoms with Gasteiger partial charge >= 0.3 is 0 Å². The topological polar surface area (TPSA) is 74.5 Å². The molecule has 0 radical (unpaired) electrons. The van der Waals surface area contributed by atoms with Crippen LogP contribution in [0, 0.1) is 0 Å². The van der Waals surface area contributed by atoms with Crippen LogP contribution in [-0.2, 0) is 11.3 Å². The summed E-state index contributed by atoms with van der Waals surface area (Å²) in [5.41, 5.74) is 7.23. The molecule has 25 heavy (non-hydrogen) atoms. The zero-order valence-corrected chi connectivity index (χ0v) is 15.1. The highest BCUT2D eigenvalue weighted by molar-refractivity contribution is 5.87. The first kappa shape index (κ1) is 17.7. The summed E-state index contributed by atoms with van der Waals surface area (Å²) < 4.78 is 0. The minimum absolute atomic E-state index is 0.0162. The van der Waals surface area contributed by atoms with Gasteiger partial charge in [-0.05, 0) is 62.9 Å². The standard InChI is InChI=1S/C19H29N5O/c1-3-19(25)23-9-6-16(7-10-23)21-18-12-15(11-17(20)22-18)13-24-8-4-5-14(24)2/h3,11-12,14,16H,1,4-10,13H2,2H3,(H3,20,21,22). The normalized spacial score (nSPS) is 22.1. The highest BCUT2D eigenvalue weighted by Crippen LogP contribution is 2.22. The van der Waals surface area contributed by atoms with Gasteiger partial charge in [0.15, 0.2) is 0 Å². The summed E-state index contributed by atoms with van der Waals surface area (Å²) in [6.45, 7) is 9.43. The predicted octanol–water partition coefficient (Wildman–Crippen LogP) is 2.24. The fraction of sp³-hybridized carbons (Fsp3) is 0.579. The van der Waals surface area contributed by atoms with Crippen molar-refractivity contribution in [1.29, 1.82) is 0 Å². The Balaban J connectivity index is 1.59. The number of nitrogens with two attached hydrogens (primary N) is 1. The number of carbonyl (C=O) groups excluding carboxylic acids is 1. The molecule has 3 rings (SSSR count). The molecule has 0 aliphatic carbocycles. The fourth-order valence-corrected chi connectivity index (χ4v) is 3.82. The van der Waals surface area contributed by atoms with Crippen molar-refractivity contribution in [3.63, 3.8) is 0 Å². The molecule has 136 valence electrons. The number of piperidine rings is 1. The van der Waals surface area contributed by atoms with E-state index in [0.717, 1.165) is 44.8 Å². The molecular weight excluding hydrogens is 314 g/mol. The summed E-state index contributed by atoms with van der Waals surface area (Å²) in [6.07, 6.45) is 5.75. The molecule has 0 saturated carbocycles. The Morgan fingerprint density at radius 2 is 2.12 bits per heavy atom. The average Bonchev–Trinajstić information content (AvgIpc) is 2.99. The number of anilines is 2. The van der Waals surface area contributed by atoms with Crippen LogP contribution < -0.4 is 11.1 Å². The second-order valence-corrected chi connectivity index (χ2v) is 7.20. The quantitative estimate of drug-likeness (QED) is 0.802. The smallest absolute Gasteiger partial charge is 0.245 e. The highest BCUT2D eigenvalue weighted by atomic mass is 16.2. The van der Waals surface area contributed by atoms with Crippen molar-refractivity contribution < 1.29 is 4.79 Å². The number of hydrogen-bond acceptors (Lipinski definition) is 5. The molecule has 3 heterocycles. The van der Waals surface area contributed by atoms with Crippen LogP contribution in [0.1, 0.15) is 38.2 Å². The Labute approximate surface area is 150 Å². The van der Waals surface area contributed by atoms with Crippen LogP contribution in [0.4, 0.5) is 11.6 Å². The summed E-state index contributed by atoms with van der Waals surface area (Å²) in [4.78, 5) is 20.5. The molecule has 1 unspecified atom stereocenters. The Morgan fingerprint density at radius 3 is 2.76 bits per heavy atom. The number of pyridine rings is 1. The first-order valence-corrected chi connectivity index (χ1v) is 9.23. The second kappa shape index (κ2) is 7.87. The molecule has 0 bridgehead atoms. The zero-order valence-electron chi connectivity index (χ0n) is 15.1. The molecule has 2 aliphatic rings. The Kier molecular flexibility index (Phi) is 5.58. The minimum Gasteiger partial charge on any atom is -0.384 e. The van der Waals surface area contributed by atoms with Gasteiger partial charge in [0, 0.05) is 31.7 Å². The van der Waals surface area contributed by atoms with E-state index in [0.29, 0.717) is 17.9 Å². The lowest BCUT2D eigenvalue weighted by Gasteiger charge is -2.32. The molecule has 1 amide bonds. The van der Waals surface area contributed by atoms with E-state index in [9.17, 15) is 4.79 Å². The van der Waals surface area contributed by atoms with Gasteiger partial charge in [-0.25, -0.2) is 4.98 Å². The number of carbonyl (C=O) groups is 1. The number of rotatable bonds is 5. The first-order chi connectivity index (χ1) is 12.0. The van der Waals surface area contributed by atoms with Gasteiger partial charge in [0.2, 0.25) is 5.91 Å². The highest BCUT2D eigenvalue weighted by Gasteiger charge is 2.23. The van der Waals surface area contributed by atoms with Crippen molar-refractivity contribution in [2.45, 2.75) is 51.2 Å². The molecular formula is C19H29N5O. The molecule has 1 aromatic heterocycles. The number of nitrogen functional groups attached to an aromatic ring is 1. The third kappa shape index (κ3) is 4.51. The van der Waals surface area contributed by atoms with E-state index in [2.05, 4.69) is 34.8 Å². The molecule has 6 heteroatoms. The average molecular weight is 343 g/mol. The third-order valence-corrected chi connectivity index (χ3v) is 5.31. The summed E-state index contributed by atoms with van der Waals surface area (Å²) in [6, 6.07) is 5.05. The number of hydrogen-bond donors (Lipinski definition) is 2. The minimum atomic E-state index is 0.0162. The van der Waals surface area contributed by atoms with Gasteiger partial charge in [0.05, 0.1) is 0 Å². The van der Waals surface area contributed by atoms with Gasteiger partial charge in [-0.2, -0.15) is 0 Å². The lowest BCUT2D eigenvalue weighted by molar-refractivity contribution is -0.126. The van der Waals surface area contributed by atoms with E-state index in [1.807, 2.05) is 11.0 Å². The molecule has 2 fully saturated rings. The van der Waals surface area contributed by atoms with E-state index in [1.165, 1.54) is 24.5 Å². The van der Waals surface area contributed by atoms with Gasteiger partial charge in [-0.1, -0.05) is 6.58 Å². The summed E-state index contributed by atoms with van der Waals surface area (Å²) in [7, 11) is 0. The molecule has 2 saturated heterocycles. The summed E-state index contributed by atoms with van der Waals surface area (Å²) >= 11 is 0. The Hall–Kier alpha value is -2.08. The monoisotopic (exact) mass is 343 g/mol. The lowest BCUT2D eigenvalue weighted by Crippen LogP contribution is -2.41. The van der Waals surface area contributed by atoms with Gasteiger partial charge in [-0.15, -0.1) is 0 Å². The number of aromatic nitrogens is 1. The molecule has 1 atom stereocenters.